The molecule has 0 radical (unpaired) electrons. The summed E-state index contributed by atoms with van der Waals surface area (Å²) in [6.07, 6.45) is 9.83. The standard InChI is InChI=1S/C17H23NO2/c1-3-4-5-6-7-10-20-17-11-14-8-9-18-13-15(14)12-16(17)19-2/h8-9,11-13H,3-7,10H2,1-2H3. The van der Waals surface area contributed by atoms with E-state index < -0.39 is 0 Å². The van der Waals surface area contributed by atoms with Gasteiger partial charge < -0.3 is 9.47 Å². The van der Waals surface area contributed by atoms with E-state index >= 15 is 0 Å². The molecule has 0 bridgehead atoms. The number of aromatic nitrogens is 1. The normalized spacial score (nSPS) is 10.7. The van der Waals surface area contributed by atoms with Crippen LogP contribution in [0.1, 0.15) is 39.0 Å². The summed E-state index contributed by atoms with van der Waals surface area (Å²) in [5.41, 5.74) is 0. The predicted octanol–water partition coefficient (Wildman–Crippen LogP) is 4.59. The second-order valence-corrected chi connectivity index (χ2v) is 4.99. The lowest BCUT2D eigenvalue weighted by molar-refractivity contribution is 0.285. The fourth-order valence-electron chi connectivity index (χ4n) is 2.25. The van der Waals surface area contributed by atoms with Gasteiger partial charge in [-0.2, -0.15) is 0 Å². The van der Waals surface area contributed by atoms with E-state index in [0.29, 0.717) is 0 Å². The van der Waals surface area contributed by atoms with Crippen molar-refractivity contribution >= 4 is 10.8 Å². The highest BCUT2D eigenvalue weighted by atomic mass is 16.5. The molecule has 0 aliphatic heterocycles. The second kappa shape index (κ2) is 7.73. The summed E-state index contributed by atoms with van der Waals surface area (Å²) in [6.45, 7) is 2.97. The van der Waals surface area contributed by atoms with E-state index in [1.807, 2.05) is 24.4 Å². The third-order valence-corrected chi connectivity index (χ3v) is 3.43. The lowest BCUT2D eigenvalue weighted by Gasteiger charge is -2.12. The van der Waals surface area contributed by atoms with Gasteiger partial charge in [-0.15, -0.1) is 0 Å². The molecular formula is C17H23NO2. The van der Waals surface area contributed by atoms with Gasteiger partial charge in [0.15, 0.2) is 11.5 Å². The number of hydrogen-bond acceptors (Lipinski definition) is 3. The SMILES string of the molecule is CCCCCCCOc1cc2ccncc2cc1OC. The average Bonchev–Trinajstić information content (AvgIpc) is 2.50. The third kappa shape index (κ3) is 3.86. The van der Waals surface area contributed by atoms with Crippen molar-refractivity contribution in [2.24, 2.45) is 0 Å². The number of rotatable bonds is 8. The van der Waals surface area contributed by atoms with Gasteiger partial charge in [-0.3, -0.25) is 4.98 Å². The zero-order valence-electron chi connectivity index (χ0n) is 12.4. The number of fused-ring (bicyclic) bond motifs is 1. The predicted molar refractivity (Wildman–Crippen MR) is 82.5 cm³/mol. The molecular weight excluding hydrogens is 250 g/mol. The summed E-state index contributed by atoms with van der Waals surface area (Å²) in [5, 5.41) is 2.20. The monoisotopic (exact) mass is 273 g/mol. The minimum atomic E-state index is 0.747. The maximum absolute atomic E-state index is 5.87. The van der Waals surface area contributed by atoms with Crippen molar-refractivity contribution in [1.29, 1.82) is 0 Å². The molecule has 3 heteroatoms. The van der Waals surface area contributed by atoms with Crippen LogP contribution in [-0.4, -0.2) is 18.7 Å². The lowest BCUT2D eigenvalue weighted by atomic mass is 10.1. The van der Waals surface area contributed by atoms with E-state index in [2.05, 4.69) is 11.9 Å². The summed E-state index contributed by atoms with van der Waals surface area (Å²) >= 11 is 0. The van der Waals surface area contributed by atoms with Gasteiger partial charge in [0.2, 0.25) is 0 Å². The fourth-order valence-corrected chi connectivity index (χ4v) is 2.25. The van der Waals surface area contributed by atoms with Gasteiger partial charge in [0.25, 0.3) is 0 Å². The number of hydrogen-bond donors (Lipinski definition) is 0. The number of benzene rings is 1. The van der Waals surface area contributed by atoms with Gasteiger partial charge in [0.05, 0.1) is 13.7 Å². The number of pyridine rings is 1. The summed E-state index contributed by atoms with van der Waals surface area (Å²) < 4.78 is 11.3. The molecule has 0 saturated carbocycles. The number of ether oxygens (including phenoxy) is 2. The smallest absolute Gasteiger partial charge is 0.161 e. The van der Waals surface area contributed by atoms with E-state index in [4.69, 9.17) is 9.47 Å². The van der Waals surface area contributed by atoms with E-state index in [-0.39, 0.29) is 0 Å². The van der Waals surface area contributed by atoms with Gasteiger partial charge in [-0.1, -0.05) is 32.6 Å². The molecule has 0 amide bonds. The van der Waals surface area contributed by atoms with Crippen LogP contribution < -0.4 is 9.47 Å². The van der Waals surface area contributed by atoms with Crippen LogP contribution in [0.3, 0.4) is 0 Å². The molecule has 20 heavy (non-hydrogen) atoms. The molecule has 0 fully saturated rings. The minimum absolute atomic E-state index is 0.747. The average molecular weight is 273 g/mol. The van der Waals surface area contributed by atoms with E-state index in [1.165, 1.54) is 25.7 Å². The van der Waals surface area contributed by atoms with Crippen molar-refractivity contribution in [3.63, 3.8) is 0 Å². The molecule has 2 rings (SSSR count). The lowest BCUT2D eigenvalue weighted by Crippen LogP contribution is -1.99. The van der Waals surface area contributed by atoms with Crippen LogP contribution >= 0.6 is 0 Å². The number of nitrogens with zero attached hydrogens (tertiary/aromatic N) is 1. The summed E-state index contributed by atoms with van der Waals surface area (Å²) in [6, 6.07) is 6.00. The van der Waals surface area contributed by atoms with Crippen LogP contribution in [0.2, 0.25) is 0 Å². The fraction of sp³-hybridized carbons (Fsp3) is 0.471. The van der Waals surface area contributed by atoms with Crippen molar-refractivity contribution in [3.05, 3.63) is 30.6 Å². The van der Waals surface area contributed by atoms with E-state index in [1.54, 1.807) is 13.3 Å². The Balaban J connectivity index is 1.97. The molecule has 0 N–H and O–H groups in total. The molecule has 0 aliphatic rings. The first-order valence-electron chi connectivity index (χ1n) is 7.39. The molecule has 3 nitrogen and oxygen atoms in total. The van der Waals surface area contributed by atoms with Crippen molar-refractivity contribution in [2.45, 2.75) is 39.0 Å². The first kappa shape index (κ1) is 14.6. The minimum Gasteiger partial charge on any atom is -0.493 e. The molecule has 0 aliphatic carbocycles. The second-order valence-electron chi connectivity index (χ2n) is 4.99. The van der Waals surface area contributed by atoms with Gasteiger partial charge in [-0.05, 0) is 30.0 Å². The zero-order chi connectivity index (χ0) is 14.2. The Hall–Kier alpha value is -1.77. The Morgan fingerprint density at radius 2 is 1.80 bits per heavy atom. The summed E-state index contributed by atoms with van der Waals surface area (Å²) in [4.78, 5) is 4.13. The number of unbranched alkanes of at least 4 members (excludes halogenated alkanes) is 4. The topological polar surface area (TPSA) is 31.4 Å². The third-order valence-electron chi connectivity index (χ3n) is 3.43. The van der Waals surface area contributed by atoms with Crippen molar-refractivity contribution < 1.29 is 9.47 Å². The molecule has 0 spiro atoms. The van der Waals surface area contributed by atoms with Gasteiger partial charge in [0.1, 0.15) is 0 Å². The summed E-state index contributed by atoms with van der Waals surface area (Å²) in [7, 11) is 1.67. The van der Waals surface area contributed by atoms with Crippen LogP contribution in [0, 0.1) is 0 Å². The van der Waals surface area contributed by atoms with Gasteiger partial charge >= 0.3 is 0 Å². The quantitative estimate of drug-likeness (QED) is 0.659. The summed E-state index contributed by atoms with van der Waals surface area (Å²) in [5.74, 6) is 1.60. The van der Waals surface area contributed by atoms with Crippen LogP contribution in [0.15, 0.2) is 30.6 Å². The van der Waals surface area contributed by atoms with Crippen LogP contribution in [0.4, 0.5) is 0 Å². The van der Waals surface area contributed by atoms with E-state index in [9.17, 15) is 0 Å². The Bertz CT molecular complexity index is 540. The van der Waals surface area contributed by atoms with Crippen molar-refractivity contribution in [1.82, 2.24) is 4.98 Å². The Labute approximate surface area is 120 Å². The maximum Gasteiger partial charge on any atom is 0.161 e. The van der Waals surface area contributed by atoms with Crippen molar-refractivity contribution in [3.8, 4) is 11.5 Å². The molecule has 0 unspecified atom stereocenters. The highest BCUT2D eigenvalue weighted by molar-refractivity contribution is 5.85. The highest BCUT2D eigenvalue weighted by Crippen LogP contribution is 2.32. The Morgan fingerprint density at radius 3 is 2.60 bits per heavy atom. The maximum atomic E-state index is 5.87. The van der Waals surface area contributed by atoms with Crippen LogP contribution in [-0.2, 0) is 0 Å². The largest absolute Gasteiger partial charge is 0.493 e. The Morgan fingerprint density at radius 1 is 1.00 bits per heavy atom. The van der Waals surface area contributed by atoms with Gasteiger partial charge in [0, 0.05) is 17.8 Å². The van der Waals surface area contributed by atoms with Crippen LogP contribution in [0.25, 0.3) is 10.8 Å². The molecule has 0 saturated heterocycles. The molecule has 1 aromatic carbocycles. The van der Waals surface area contributed by atoms with Gasteiger partial charge in [-0.25, -0.2) is 0 Å². The molecule has 1 heterocycles. The zero-order valence-corrected chi connectivity index (χ0v) is 12.4. The number of methoxy groups -OCH3 is 1. The molecule has 2 aromatic rings. The molecule has 0 atom stereocenters. The molecule has 108 valence electrons. The van der Waals surface area contributed by atoms with Crippen molar-refractivity contribution in [2.75, 3.05) is 13.7 Å². The highest BCUT2D eigenvalue weighted by Gasteiger charge is 2.06. The van der Waals surface area contributed by atoms with Crippen LogP contribution in [0.5, 0.6) is 11.5 Å². The van der Waals surface area contributed by atoms with E-state index in [0.717, 1.165) is 35.3 Å². The first-order chi connectivity index (χ1) is 9.85. The molecule has 1 aromatic heterocycles. The Kier molecular flexibility index (Phi) is 5.66. The first-order valence-corrected chi connectivity index (χ1v) is 7.39.